The van der Waals surface area contributed by atoms with Crippen molar-refractivity contribution in [2.45, 2.75) is 11.8 Å². The molecule has 1 rings (SSSR count). The molecule has 0 spiro atoms. The molecule has 0 saturated carbocycles. The summed E-state index contributed by atoms with van der Waals surface area (Å²) in [7, 11) is -4.46. The van der Waals surface area contributed by atoms with Gasteiger partial charge in [0.25, 0.3) is 5.91 Å². The topological polar surface area (TPSA) is 98.5 Å². The maximum Gasteiger partial charge on any atom is 0.254 e. The van der Waals surface area contributed by atoms with Gasteiger partial charge in [-0.1, -0.05) is 0 Å². The monoisotopic (exact) mass is 308 g/mol. The normalized spacial score (nSPS) is 11.4. The Bertz CT molecular complexity index is 605. The first-order valence-electron chi connectivity index (χ1n) is 5.65. The Morgan fingerprint density at radius 2 is 2.05 bits per heavy atom. The molecule has 0 unspecified atom stereocenters. The van der Waals surface area contributed by atoms with E-state index < -0.39 is 38.0 Å². The van der Waals surface area contributed by atoms with Crippen LogP contribution in [0.1, 0.15) is 17.3 Å². The molecular weight excluding hydrogens is 294 g/mol. The van der Waals surface area contributed by atoms with E-state index in [-0.39, 0.29) is 13.2 Å². The van der Waals surface area contributed by atoms with E-state index in [9.17, 15) is 22.0 Å². The molecule has 0 radical (unpaired) electrons. The Morgan fingerprint density at radius 3 is 2.60 bits per heavy atom. The fraction of sp³-hybridized carbons (Fsp3) is 0.364. The Labute approximate surface area is 115 Å². The minimum Gasteiger partial charge on any atom is -0.380 e. The molecule has 0 aliphatic rings. The second kappa shape index (κ2) is 6.73. The smallest absolute Gasteiger partial charge is 0.254 e. The van der Waals surface area contributed by atoms with E-state index in [1.54, 1.807) is 6.92 Å². The molecule has 1 aromatic carbocycles. The van der Waals surface area contributed by atoms with Crippen molar-refractivity contribution in [3.8, 4) is 0 Å². The summed E-state index contributed by atoms with van der Waals surface area (Å²) in [6.07, 6.45) is 0. The minimum atomic E-state index is -4.46. The third kappa shape index (κ3) is 4.22. The first-order chi connectivity index (χ1) is 9.27. The second-order valence-electron chi connectivity index (χ2n) is 3.76. The van der Waals surface area contributed by atoms with Crippen LogP contribution in [-0.4, -0.2) is 34.1 Å². The predicted octanol–water partition coefficient (Wildman–Crippen LogP) is 0.379. The molecule has 3 N–H and O–H groups in total. The average Bonchev–Trinajstić information content (AvgIpc) is 2.35. The van der Waals surface area contributed by atoms with Crippen LogP contribution in [0.25, 0.3) is 0 Å². The van der Waals surface area contributed by atoms with Crippen molar-refractivity contribution >= 4 is 15.9 Å². The zero-order valence-electron chi connectivity index (χ0n) is 10.7. The van der Waals surface area contributed by atoms with Crippen LogP contribution in [0.15, 0.2) is 17.0 Å². The highest BCUT2D eigenvalue weighted by molar-refractivity contribution is 7.89. The van der Waals surface area contributed by atoms with Crippen molar-refractivity contribution in [2.24, 2.45) is 5.14 Å². The number of nitrogens with one attached hydrogen (secondary N) is 1. The van der Waals surface area contributed by atoms with E-state index in [4.69, 9.17) is 9.88 Å². The zero-order chi connectivity index (χ0) is 15.3. The quantitative estimate of drug-likeness (QED) is 0.742. The van der Waals surface area contributed by atoms with Gasteiger partial charge in [0.2, 0.25) is 10.0 Å². The highest BCUT2D eigenvalue weighted by Gasteiger charge is 2.23. The number of nitrogens with two attached hydrogens (primary N) is 1. The Balaban J connectivity index is 3.01. The van der Waals surface area contributed by atoms with Gasteiger partial charge in [-0.3, -0.25) is 4.79 Å². The summed E-state index contributed by atoms with van der Waals surface area (Å²) < 4.78 is 54.3. The summed E-state index contributed by atoms with van der Waals surface area (Å²) in [6.45, 7) is 2.47. The number of rotatable bonds is 6. The molecule has 20 heavy (non-hydrogen) atoms. The third-order valence-corrected chi connectivity index (χ3v) is 3.20. The molecule has 9 heteroatoms. The lowest BCUT2D eigenvalue weighted by Gasteiger charge is -2.08. The summed E-state index contributed by atoms with van der Waals surface area (Å²) >= 11 is 0. The molecule has 112 valence electrons. The summed E-state index contributed by atoms with van der Waals surface area (Å²) in [5, 5.41) is 7.02. The first kappa shape index (κ1) is 16.5. The molecule has 0 aromatic heterocycles. The van der Waals surface area contributed by atoms with Crippen molar-refractivity contribution in [3.63, 3.8) is 0 Å². The maximum absolute atomic E-state index is 13.9. The first-order valence-corrected chi connectivity index (χ1v) is 7.19. The van der Waals surface area contributed by atoms with Gasteiger partial charge in [0.1, 0.15) is 10.7 Å². The number of primary sulfonamides is 1. The number of hydrogen-bond donors (Lipinski definition) is 2. The molecule has 1 aromatic rings. The van der Waals surface area contributed by atoms with E-state index in [1.165, 1.54) is 0 Å². The van der Waals surface area contributed by atoms with Gasteiger partial charge in [-0.15, -0.1) is 0 Å². The van der Waals surface area contributed by atoms with Gasteiger partial charge in [-0.2, -0.15) is 0 Å². The molecule has 6 nitrogen and oxygen atoms in total. The van der Waals surface area contributed by atoms with Crippen LogP contribution in [0.4, 0.5) is 8.78 Å². The molecule has 0 heterocycles. The van der Waals surface area contributed by atoms with Crippen LogP contribution in [0.2, 0.25) is 0 Å². The van der Waals surface area contributed by atoms with Crippen LogP contribution in [-0.2, 0) is 14.8 Å². The van der Waals surface area contributed by atoms with Gasteiger partial charge in [0, 0.05) is 13.2 Å². The summed E-state index contributed by atoms with van der Waals surface area (Å²) in [4.78, 5) is 10.6. The highest BCUT2D eigenvalue weighted by Crippen LogP contribution is 2.19. The third-order valence-electron chi connectivity index (χ3n) is 2.29. The fourth-order valence-corrected chi connectivity index (χ4v) is 2.05. The number of amides is 1. The van der Waals surface area contributed by atoms with Crippen molar-refractivity contribution in [1.29, 1.82) is 0 Å². The summed E-state index contributed by atoms with van der Waals surface area (Å²) in [6, 6.07) is 1.02. The van der Waals surface area contributed by atoms with Crippen LogP contribution < -0.4 is 10.5 Å². The largest absolute Gasteiger partial charge is 0.380 e. The van der Waals surface area contributed by atoms with Crippen LogP contribution in [0.3, 0.4) is 0 Å². The molecule has 0 fully saturated rings. The Hall–Kier alpha value is -1.58. The molecule has 0 bridgehead atoms. The lowest BCUT2D eigenvalue weighted by molar-refractivity contribution is 0.0917. The standard InChI is InChI=1S/C11H14F2N2O4S/c1-2-19-4-3-15-11(16)8-5-7(12)6-9(10(8)13)20(14,17)18/h5-6H,2-4H2,1H3,(H,15,16)(H2,14,17,18). The number of benzene rings is 1. The van der Waals surface area contributed by atoms with Gasteiger partial charge in [0.05, 0.1) is 12.2 Å². The molecule has 0 aliphatic heterocycles. The van der Waals surface area contributed by atoms with Gasteiger partial charge >= 0.3 is 0 Å². The minimum absolute atomic E-state index is 0.0767. The van der Waals surface area contributed by atoms with Gasteiger partial charge in [-0.25, -0.2) is 22.3 Å². The summed E-state index contributed by atoms with van der Waals surface area (Å²) in [5.74, 6) is -3.42. The van der Waals surface area contributed by atoms with Crippen molar-refractivity contribution in [1.82, 2.24) is 5.32 Å². The number of hydrogen-bond acceptors (Lipinski definition) is 4. The van der Waals surface area contributed by atoms with E-state index in [0.717, 1.165) is 0 Å². The Morgan fingerprint density at radius 1 is 1.40 bits per heavy atom. The number of carbonyl (C=O) groups is 1. The average molecular weight is 308 g/mol. The SMILES string of the molecule is CCOCCNC(=O)c1cc(F)cc(S(N)(=O)=O)c1F. The van der Waals surface area contributed by atoms with E-state index >= 15 is 0 Å². The predicted molar refractivity (Wildman–Crippen MR) is 66.6 cm³/mol. The number of carbonyl (C=O) groups excluding carboxylic acids is 1. The molecular formula is C11H14F2N2O4S. The van der Waals surface area contributed by atoms with Gasteiger partial charge in [0.15, 0.2) is 5.82 Å². The maximum atomic E-state index is 13.9. The van der Waals surface area contributed by atoms with E-state index in [2.05, 4.69) is 5.32 Å². The molecule has 0 atom stereocenters. The molecule has 0 aliphatic carbocycles. The van der Waals surface area contributed by atoms with Crippen molar-refractivity contribution in [2.75, 3.05) is 19.8 Å². The van der Waals surface area contributed by atoms with E-state index in [1.807, 2.05) is 0 Å². The highest BCUT2D eigenvalue weighted by atomic mass is 32.2. The van der Waals surface area contributed by atoms with Gasteiger partial charge in [-0.05, 0) is 19.1 Å². The lowest BCUT2D eigenvalue weighted by Crippen LogP contribution is -2.29. The molecule has 0 saturated heterocycles. The van der Waals surface area contributed by atoms with Crippen molar-refractivity contribution in [3.05, 3.63) is 29.3 Å². The van der Waals surface area contributed by atoms with Crippen LogP contribution in [0, 0.1) is 11.6 Å². The number of sulfonamides is 1. The van der Waals surface area contributed by atoms with Crippen molar-refractivity contribution < 1.29 is 26.7 Å². The second-order valence-corrected chi connectivity index (χ2v) is 5.29. The number of ether oxygens (including phenoxy) is 1. The molecule has 1 amide bonds. The fourth-order valence-electron chi connectivity index (χ4n) is 1.41. The lowest BCUT2D eigenvalue weighted by atomic mass is 10.2. The zero-order valence-corrected chi connectivity index (χ0v) is 11.5. The number of halogens is 2. The van der Waals surface area contributed by atoms with Crippen LogP contribution >= 0.6 is 0 Å². The Kier molecular flexibility index (Phi) is 5.54. The van der Waals surface area contributed by atoms with E-state index in [0.29, 0.717) is 18.7 Å². The summed E-state index contributed by atoms with van der Waals surface area (Å²) in [5.41, 5.74) is -0.731. The van der Waals surface area contributed by atoms with Gasteiger partial charge < -0.3 is 10.1 Å². The van der Waals surface area contributed by atoms with Crippen LogP contribution in [0.5, 0.6) is 0 Å².